The first kappa shape index (κ1) is 22.6. The normalized spacial score (nSPS) is 12.5. The van der Waals surface area contributed by atoms with Crippen LogP contribution in [0, 0.1) is 13.8 Å². The second-order valence-electron chi connectivity index (χ2n) is 7.74. The van der Waals surface area contributed by atoms with Crippen molar-refractivity contribution >= 4 is 40.9 Å². The minimum Gasteiger partial charge on any atom is -0.462 e. The SMILES string of the molecule is CCOC(=O)c1ccc2c(c1)N(CC(=O)Nc1ccc(C)c(C)c1)C(=O)c1ccccc1S2. The highest BCUT2D eigenvalue weighted by atomic mass is 32.2. The summed E-state index contributed by atoms with van der Waals surface area (Å²) < 4.78 is 5.13. The van der Waals surface area contributed by atoms with Gasteiger partial charge >= 0.3 is 5.97 Å². The van der Waals surface area contributed by atoms with Crippen molar-refractivity contribution in [2.45, 2.75) is 30.6 Å². The summed E-state index contributed by atoms with van der Waals surface area (Å²) in [7, 11) is 0. The fourth-order valence-electron chi connectivity index (χ4n) is 3.58. The standard InChI is InChI=1S/C26H24N2O4S/c1-4-32-26(31)18-10-12-23-21(14-18)28(25(30)20-7-5-6-8-22(20)33-23)15-24(29)27-19-11-9-16(2)17(3)13-19/h5-14H,4,15H2,1-3H3,(H,27,29). The number of rotatable bonds is 5. The first-order valence-electron chi connectivity index (χ1n) is 10.6. The topological polar surface area (TPSA) is 75.7 Å². The van der Waals surface area contributed by atoms with Gasteiger partial charge in [-0.2, -0.15) is 0 Å². The zero-order valence-electron chi connectivity index (χ0n) is 18.7. The number of hydrogen-bond acceptors (Lipinski definition) is 5. The van der Waals surface area contributed by atoms with Crippen LogP contribution in [0.5, 0.6) is 0 Å². The Hall–Kier alpha value is -3.58. The highest BCUT2D eigenvalue weighted by Gasteiger charge is 2.29. The van der Waals surface area contributed by atoms with E-state index in [-0.39, 0.29) is 25.0 Å². The minimum atomic E-state index is -0.473. The van der Waals surface area contributed by atoms with Gasteiger partial charge in [0.15, 0.2) is 0 Å². The van der Waals surface area contributed by atoms with Crippen molar-refractivity contribution in [1.29, 1.82) is 0 Å². The van der Waals surface area contributed by atoms with Crippen LogP contribution >= 0.6 is 11.8 Å². The maximum absolute atomic E-state index is 13.5. The molecule has 0 saturated carbocycles. The number of anilines is 2. The molecular weight excluding hydrogens is 436 g/mol. The van der Waals surface area contributed by atoms with Crippen LogP contribution in [0.2, 0.25) is 0 Å². The highest BCUT2D eigenvalue weighted by molar-refractivity contribution is 7.99. The third kappa shape index (κ3) is 4.78. The maximum atomic E-state index is 13.5. The van der Waals surface area contributed by atoms with E-state index in [1.54, 1.807) is 37.3 Å². The largest absolute Gasteiger partial charge is 0.462 e. The lowest BCUT2D eigenvalue weighted by Gasteiger charge is -2.23. The Morgan fingerprint density at radius 2 is 1.76 bits per heavy atom. The van der Waals surface area contributed by atoms with Gasteiger partial charge in [0, 0.05) is 15.5 Å². The number of benzene rings is 3. The molecule has 7 heteroatoms. The molecule has 0 spiro atoms. The molecule has 6 nitrogen and oxygen atoms in total. The summed E-state index contributed by atoms with van der Waals surface area (Å²) in [5.41, 5.74) is 4.20. The number of nitrogens with zero attached hydrogens (tertiary/aromatic N) is 1. The number of aryl methyl sites for hydroxylation is 2. The van der Waals surface area contributed by atoms with Crippen LogP contribution in [0.25, 0.3) is 0 Å². The van der Waals surface area contributed by atoms with Gasteiger partial charge in [0.1, 0.15) is 6.54 Å². The number of hydrogen-bond donors (Lipinski definition) is 1. The zero-order chi connectivity index (χ0) is 23.5. The number of amides is 2. The van der Waals surface area contributed by atoms with Crippen LogP contribution in [0.3, 0.4) is 0 Å². The third-order valence-electron chi connectivity index (χ3n) is 5.44. The lowest BCUT2D eigenvalue weighted by atomic mass is 10.1. The average Bonchev–Trinajstić information content (AvgIpc) is 2.91. The molecule has 0 fully saturated rings. The second-order valence-corrected chi connectivity index (χ2v) is 8.82. The average molecular weight is 461 g/mol. The molecule has 0 atom stereocenters. The van der Waals surface area contributed by atoms with Gasteiger partial charge in [-0.05, 0) is 74.4 Å². The molecule has 3 aromatic carbocycles. The molecule has 168 valence electrons. The fourth-order valence-corrected chi connectivity index (χ4v) is 4.64. The van der Waals surface area contributed by atoms with E-state index in [0.29, 0.717) is 22.5 Å². The van der Waals surface area contributed by atoms with Crippen LogP contribution in [-0.2, 0) is 9.53 Å². The van der Waals surface area contributed by atoms with Crippen molar-refractivity contribution < 1.29 is 19.1 Å². The summed E-state index contributed by atoms with van der Waals surface area (Å²) in [6.45, 7) is 5.77. The van der Waals surface area contributed by atoms with E-state index in [9.17, 15) is 14.4 Å². The van der Waals surface area contributed by atoms with Crippen molar-refractivity contribution in [3.05, 3.63) is 82.9 Å². The molecule has 33 heavy (non-hydrogen) atoms. The molecular formula is C26H24N2O4S. The molecule has 3 aromatic rings. The van der Waals surface area contributed by atoms with Gasteiger partial charge in [-0.1, -0.05) is 30.0 Å². The van der Waals surface area contributed by atoms with Crippen molar-refractivity contribution in [3.63, 3.8) is 0 Å². The molecule has 1 heterocycles. The molecule has 0 saturated heterocycles. The quantitative estimate of drug-likeness (QED) is 0.528. The Morgan fingerprint density at radius 1 is 0.970 bits per heavy atom. The van der Waals surface area contributed by atoms with Crippen LogP contribution in [-0.4, -0.2) is 30.9 Å². The van der Waals surface area contributed by atoms with Gasteiger partial charge in [0.05, 0.1) is 23.4 Å². The van der Waals surface area contributed by atoms with E-state index in [1.807, 2.05) is 44.2 Å². The first-order valence-corrected chi connectivity index (χ1v) is 11.5. The Balaban J connectivity index is 1.70. The number of carbonyl (C=O) groups is 3. The second kappa shape index (κ2) is 9.50. The molecule has 0 radical (unpaired) electrons. The van der Waals surface area contributed by atoms with Gasteiger partial charge in [0.2, 0.25) is 5.91 Å². The van der Waals surface area contributed by atoms with Gasteiger partial charge in [-0.15, -0.1) is 0 Å². The summed E-state index contributed by atoms with van der Waals surface area (Å²) >= 11 is 1.43. The monoisotopic (exact) mass is 460 g/mol. The van der Waals surface area contributed by atoms with Gasteiger partial charge in [-0.3, -0.25) is 14.5 Å². The number of nitrogens with one attached hydrogen (secondary N) is 1. The van der Waals surface area contributed by atoms with E-state index in [1.165, 1.54) is 16.7 Å². The van der Waals surface area contributed by atoms with E-state index in [0.717, 1.165) is 20.9 Å². The highest BCUT2D eigenvalue weighted by Crippen LogP contribution is 2.41. The molecule has 0 aromatic heterocycles. The van der Waals surface area contributed by atoms with Crippen LogP contribution < -0.4 is 10.2 Å². The minimum absolute atomic E-state index is 0.195. The first-order chi connectivity index (χ1) is 15.9. The Labute approximate surface area is 196 Å². The van der Waals surface area contributed by atoms with Crippen molar-refractivity contribution in [2.75, 3.05) is 23.4 Å². The van der Waals surface area contributed by atoms with E-state index in [4.69, 9.17) is 4.74 Å². The molecule has 1 N–H and O–H groups in total. The molecule has 4 rings (SSSR count). The predicted molar refractivity (Wildman–Crippen MR) is 129 cm³/mol. The van der Waals surface area contributed by atoms with Crippen LogP contribution in [0.15, 0.2) is 70.5 Å². The van der Waals surface area contributed by atoms with Crippen molar-refractivity contribution in [2.24, 2.45) is 0 Å². The molecule has 0 bridgehead atoms. The fraction of sp³-hybridized carbons (Fsp3) is 0.192. The number of ether oxygens (including phenoxy) is 1. The lowest BCUT2D eigenvalue weighted by molar-refractivity contribution is -0.114. The van der Waals surface area contributed by atoms with E-state index in [2.05, 4.69) is 5.32 Å². The smallest absolute Gasteiger partial charge is 0.338 e. The summed E-state index contributed by atoms with van der Waals surface area (Å²) in [5.74, 6) is -1.10. The Kier molecular flexibility index (Phi) is 6.51. The summed E-state index contributed by atoms with van der Waals surface area (Å²) in [6.07, 6.45) is 0. The molecule has 2 amide bonds. The van der Waals surface area contributed by atoms with Gasteiger partial charge in [-0.25, -0.2) is 4.79 Å². The summed E-state index contributed by atoms with van der Waals surface area (Å²) in [4.78, 5) is 41.8. The number of carbonyl (C=O) groups excluding carboxylic acids is 3. The Morgan fingerprint density at radius 3 is 2.52 bits per heavy atom. The zero-order valence-corrected chi connectivity index (χ0v) is 19.5. The maximum Gasteiger partial charge on any atom is 0.338 e. The molecule has 1 aliphatic heterocycles. The number of fused-ring (bicyclic) bond motifs is 2. The van der Waals surface area contributed by atoms with Gasteiger partial charge in [0.25, 0.3) is 5.91 Å². The molecule has 0 unspecified atom stereocenters. The molecule has 1 aliphatic rings. The Bertz CT molecular complexity index is 1250. The van der Waals surface area contributed by atoms with Crippen molar-refractivity contribution in [3.8, 4) is 0 Å². The van der Waals surface area contributed by atoms with Crippen LogP contribution in [0.4, 0.5) is 11.4 Å². The summed E-state index contributed by atoms with van der Waals surface area (Å²) in [6, 6.07) is 18.0. The predicted octanol–water partition coefficient (Wildman–Crippen LogP) is 5.23. The van der Waals surface area contributed by atoms with Crippen LogP contribution in [0.1, 0.15) is 38.8 Å². The van der Waals surface area contributed by atoms with Gasteiger partial charge < -0.3 is 10.1 Å². The van der Waals surface area contributed by atoms with Crippen molar-refractivity contribution in [1.82, 2.24) is 0 Å². The third-order valence-corrected chi connectivity index (χ3v) is 6.58. The number of esters is 1. The van der Waals surface area contributed by atoms with E-state index >= 15 is 0 Å². The lowest BCUT2D eigenvalue weighted by Crippen LogP contribution is -2.38. The summed E-state index contributed by atoms with van der Waals surface area (Å²) in [5, 5.41) is 2.88. The molecule has 0 aliphatic carbocycles. The van der Waals surface area contributed by atoms with E-state index < -0.39 is 5.97 Å².